The lowest BCUT2D eigenvalue weighted by Crippen LogP contribution is -2.14. The maximum absolute atomic E-state index is 9.49. The maximum atomic E-state index is 9.49. The van der Waals surface area contributed by atoms with E-state index in [2.05, 4.69) is 17.1 Å². The van der Waals surface area contributed by atoms with E-state index in [0.717, 1.165) is 17.3 Å². The lowest BCUT2D eigenvalue weighted by atomic mass is 9.80. The third-order valence-corrected chi connectivity index (χ3v) is 4.48. The number of nitrogens with zero attached hydrogens (tertiary/aromatic N) is 2. The fraction of sp³-hybridized carbons (Fsp3) is 0.529. The number of hydrogen-bond acceptors (Lipinski definition) is 4. The third-order valence-electron chi connectivity index (χ3n) is 4.48. The molecule has 2 aromatic rings. The Kier molecular flexibility index (Phi) is 4.23. The average Bonchev–Trinajstić information content (AvgIpc) is 2.96. The monoisotopic (exact) mass is 286 g/mol. The van der Waals surface area contributed by atoms with Gasteiger partial charge in [0.15, 0.2) is 5.82 Å². The van der Waals surface area contributed by atoms with E-state index in [1.807, 2.05) is 12.1 Å². The van der Waals surface area contributed by atoms with Gasteiger partial charge in [0.25, 0.3) is 0 Å². The van der Waals surface area contributed by atoms with E-state index in [0.29, 0.717) is 18.2 Å². The molecule has 1 fully saturated rings. The first-order valence-electron chi connectivity index (χ1n) is 7.85. The highest BCUT2D eigenvalue weighted by molar-refractivity contribution is 5.28. The molecule has 4 nitrogen and oxygen atoms in total. The van der Waals surface area contributed by atoms with Gasteiger partial charge in [0, 0.05) is 5.92 Å². The minimum Gasteiger partial charge on any atom is -0.508 e. The Balaban J connectivity index is 1.68. The first kappa shape index (κ1) is 14.1. The van der Waals surface area contributed by atoms with E-state index in [4.69, 9.17) is 4.52 Å². The number of phenolic OH excluding ortho intramolecular Hbond substituents is 1. The van der Waals surface area contributed by atoms with Gasteiger partial charge in [-0.2, -0.15) is 4.98 Å². The molecule has 1 aromatic heterocycles. The van der Waals surface area contributed by atoms with Crippen molar-refractivity contribution in [2.75, 3.05) is 0 Å². The van der Waals surface area contributed by atoms with Crippen LogP contribution in [0.25, 0.3) is 0 Å². The molecule has 0 bridgehead atoms. The smallest absolute Gasteiger partial charge is 0.231 e. The number of benzene rings is 1. The number of aromatic nitrogens is 2. The molecular formula is C17H22N2O2. The standard InChI is InChI=1S/C17H22N2O2/c1-2-12-5-3-7-14(9-12)17-18-16(21-19-17)11-13-6-4-8-15(20)10-13/h4,6,8,10,12,14,20H,2-3,5,7,9,11H2,1H3. The summed E-state index contributed by atoms with van der Waals surface area (Å²) in [6, 6.07) is 7.18. The molecule has 4 heteroatoms. The summed E-state index contributed by atoms with van der Waals surface area (Å²) in [6.45, 7) is 2.26. The Morgan fingerprint density at radius 1 is 1.33 bits per heavy atom. The molecule has 1 aromatic carbocycles. The first-order chi connectivity index (χ1) is 10.2. The lowest BCUT2D eigenvalue weighted by molar-refractivity contribution is 0.298. The van der Waals surface area contributed by atoms with Crippen LogP contribution in [0.4, 0.5) is 0 Å². The van der Waals surface area contributed by atoms with Crippen molar-refractivity contribution < 1.29 is 9.63 Å². The van der Waals surface area contributed by atoms with E-state index in [-0.39, 0.29) is 5.75 Å². The largest absolute Gasteiger partial charge is 0.508 e. The van der Waals surface area contributed by atoms with Crippen LogP contribution in [-0.2, 0) is 6.42 Å². The van der Waals surface area contributed by atoms with Crippen LogP contribution in [0.5, 0.6) is 5.75 Å². The molecule has 1 heterocycles. The van der Waals surface area contributed by atoms with Gasteiger partial charge in [0.2, 0.25) is 5.89 Å². The highest BCUT2D eigenvalue weighted by atomic mass is 16.5. The van der Waals surface area contributed by atoms with Gasteiger partial charge < -0.3 is 9.63 Å². The lowest BCUT2D eigenvalue weighted by Gasteiger charge is -2.26. The van der Waals surface area contributed by atoms with Crippen molar-refractivity contribution >= 4 is 0 Å². The van der Waals surface area contributed by atoms with Crippen LogP contribution >= 0.6 is 0 Å². The summed E-state index contributed by atoms with van der Waals surface area (Å²) in [5, 5.41) is 13.7. The second-order valence-corrected chi connectivity index (χ2v) is 6.03. The van der Waals surface area contributed by atoms with Gasteiger partial charge in [0.05, 0.1) is 6.42 Å². The molecule has 2 unspecified atom stereocenters. The Labute approximate surface area is 125 Å². The van der Waals surface area contributed by atoms with E-state index < -0.39 is 0 Å². The average molecular weight is 286 g/mol. The Bertz CT molecular complexity index is 594. The van der Waals surface area contributed by atoms with Crippen molar-refractivity contribution in [1.29, 1.82) is 0 Å². The number of rotatable bonds is 4. The SMILES string of the molecule is CCC1CCCC(c2noc(Cc3cccc(O)c3)n2)C1. The molecule has 1 saturated carbocycles. The van der Waals surface area contributed by atoms with Crippen molar-refractivity contribution in [1.82, 2.24) is 10.1 Å². The summed E-state index contributed by atoms with van der Waals surface area (Å²) in [7, 11) is 0. The summed E-state index contributed by atoms with van der Waals surface area (Å²) < 4.78 is 5.39. The van der Waals surface area contributed by atoms with E-state index in [9.17, 15) is 5.11 Å². The molecule has 1 aliphatic carbocycles. The zero-order valence-corrected chi connectivity index (χ0v) is 12.5. The van der Waals surface area contributed by atoms with Gasteiger partial charge in [-0.1, -0.05) is 43.5 Å². The highest BCUT2D eigenvalue weighted by Crippen LogP contribution is 2.36. The van der Waals surface area contributed by atoms with Crippen molar-refractivity contribution in [3.63, 3.8) is 0 Å². The van der Waals surface area contributed by atoms with Crippen molar-refractivity contribution in [3.8, 4) is 5.75 Å². The van der Waals surface area contributed by atoms with Crippen molar-refractivity contribution in [2.24, 2.45) is 5.92 Å². The van der Waals surface area contributed by atoms with Gasteiger partial charge in [-0.15, -0.1) is 0 Å². The van der Waals surface area contributed by atoms with Gasteiger partial charge in [-0.3, -0.25) is 0 Å². The van der Waals surface area contributed by atoms with Crippen LogP contribution in [0.2, 0.25) is 0 Å². The third kappa shape index (κ3) is 3.43. The molecule has 112 valence electrons. The second kappa shape index (κ2) is 6.29. The van der Waals surface area contributed by atoms with Crippen LogP contribution in [0.3, 0.4) is 0 Å². The van der Waals surface area contributed by atoms with Gasteiger partial charge in [-0.25, -0.2) is 0 Å². The van der Waals surface area contributed by atoms with Gasteiger partial charge in [0.1, 0.15) is 5.75 Å². The topological polar surface area (TPSA) is 59.2 Å². The predicted octanol–water partition coefficient (Wildman–Crippen LogP) is 4.05. The normalized spacial score (nSPS) is 22.3. The number of aromatic hydroxyl groups is 1. The minimum atomic E-state index is 0.269. The van der Waals surface area contributed by atoms with E-state index >= 15 is 0 Å². The minimum absolute atomic E-state index is 0.269. The summed E-state index contributed by atoms with van der Waals surface area (Å²) in [5.74, 6) is 3.02. The quantitative estimate of drug-likeness (QED) is 0.921. The summed E-state index contributed by atoms with van der Waals surface area (Å²) in [5.41, 5.74) is 0.986. The van der Waals surface area contributed by atoms with Crippen molar-refractivity contribution in [2.45, 2.75) is 51.4 Å². The highest BCUT2D eigenvalue weighted by Gasteiger charge is 2.25. The van der Waals surface area contributed by atoms with Crippen LogP contribution < -0.4 is 0 Å². The molecular weight excluding hydrogens is 264 g/mol. The fourth-order valence-electron chi connectivity index (χ4n) is 3.24. The molecule has 1 aliphatic rings. The van der Waals surface area contributed by atoms with Crippen LogP contribution in [0.1, 0.15) is 62.2 Å². The zero-order chi connectivity index (χ0) is 14.7. The second-order valence-electron chi connectivity index (χ2n) is 6.03. The van der Waals surface area contributed by atoms with Crippen LogP contribution in [0.15, 0.2) is 28.8 Å². The molecule has 2 atom stereocenters. The predicted molar refractivity (Wildman–Crippen MR) is 80.2 cm³/mol. The molecule has 0 saturated heterocycles. The van der Waals surface area contributed by atoms with E-state index in [1.165, 1.54) is 32.1 Å². The molecule has 21 heavy (non-hydrogen) atoms. The molecule has 0 amide bonds. The molecule has 0 spiro atoms. The Hall–Kier alpha value is -1.84. The van der Waals surface area contributed by atoms with E-state index in [1.54, 1.807) is 12.1 Å². The number of hydrogen-bond donors (Lipinski definition) is 1. The summed E-state index contributed by atoms with van der Waals surface area (Å²) in [4.78, 5) is 4.57. The first-order valence-corrected chi connectivity index (χ1v) is 7.85. The van der Waals surface area contributed by atoms with Gasteiger partial charge >= 0.3 is 0 Å². The molecule has 1 N–H and O–H groups in total. The van der Waals surface area contributed by atoms with Crippen LogP contribution in [0, 0.1) is 5.92 Å². The Morgan fingerprint density at radius 2 is 2.24 bits per heavy atom. The fourth-order valence-corrected chi connectivity index (χ4v) is 3.24. The van der Waals surface area contributed by atoms with Crippen LogP contribution in [-0.4, -0.2) is 15.2 Å². The molecule has 3 rings (SSSR count). The molecule has 0 aliphatic heterocycles. The van der Waals surface area contributed by atoms with Gasteiger partial charge in [-0.05, 0) is 36.5 Å². The zero-order valence-electron chi connectivity index (χ0n) is 12.5. The van der Waals surface area contributed by atoms with Crippen molar-refractivity contribution in [3.05, 3.63) is 41.5 Å². The number of phenols is 1. The Morgan fingerprint density at radius 3 is 3.05 bits per heavy atom. The summed E-state index contributed by atoms with van der Waals surface area (Å²) >= 11 is 0. The summed E-state index contributed by atoms with van der Waals surface area (Å²) in [6.07, 6.45) is 6.76. The molecule has 0 radical (unpaired) electrons. The maximum Gasteiger partial charge on any atom is 0.231 e.